The molecule has 0 aromatic rings. The molecule has 0 aromatic heterocycles. The van der Waals surface area contributed by atoms with E-state index in [1.807, 2.05) is 0 Å². The Morgan fingerprint density at radius 3 is 3.17 bits per heavy atom. The second kappa shape index (κ2) is 2.21. The topological polar surface area (TPSA) is 18.5 Å². The highest BCUT2D eigenvalue weighted by Crippen LogP contribution is 1.96. The lowest BCUT2D eigenvalue weighted by Gasteiger charge is -2.06. The minimum absolute atomic E-state index is 0.186. The van der Waals surface area contributed by atoms with E-state index in [0.29, 0.717) is 6.61 Å². The molecule has 0 N–H and O–H groups in total. The maximum absolute atomic E-state index is 7.01. The van der Waals surface area contributed by atoms with Crippen LogP contribution in [0.4, 0.5) is 0 Å². The molecular formula is C3H6BO2. The van der Waals surface area contributed by atoms with Gasteiger partial charge in [0.05, 0.1) is 6.61 Å². The van der Waals surface area contributed by atoms with Crippen LogP contribution in [0.2, 0.25) is 6.30 Å². The van der Waals surface area contributed by atoms with Crippen LogP contribution in [0, 0.1) is 0 Å². The fourth-order valence-electron chi connectivity index (χ4n) is 0.311. The SMILES string of the molecule is [2H]C1[B]OOCC1. The smallest absolute Gasteiger partial charge is 0.311 e. The lowest BCUT2D eigenvalue weighted by molar-refractivity contribution is -0.216. The van der Waals surface area contributed by atoms with E-state index in [9.17, 15) is 0 Å². The van der Waals surface area contributed by atoms with Crippen LogP contribution in [0.1, 0.15) is 7.79 Å². The van der Waals surface area contributed by atoms with Crippen molar-refractivity contribution in [2.75, 3.05) is 6.61 Å². The van der Waals surface area contributed by atoms with Gasteiger partial charge in [-0.3, -0.25) is 4.89 Å². The summed E-state index contributed by atoms with van der Waals surface area (Å²) in [6.07, 6.45) is 0.564. The Hall–Kier alpha value is -0.0151. The van der Waals surface area contributed by atoms with E-state index in [0.717, 1.165) is 6.42 Å². The molecule has 0 aliphatic carbocycles. The van der Waals surface area contributed by atoms with Crippen LogP contribution in [-0.2, 0) is 9.69 Å². The molecule has 0 aromatic carbocycles. The molecule has 0 bridgehead atoms. The summed E-state index contributed by atoms with van der Waals surface area (Å²) >= 11 is 0. The Kier molecular flexibility index (Phi) is 1.12. The van der Waals surface area contributed by atoms with Gasteiger partial charge in [-0.05, 0) is 12.7 Å². The van der Waals surface area contributed by atoms with Crippen molar-refractivity contribution in [3.8, 4) is 0 Å². The first-order valence-electron chi connectivity index (χ1n) is 2.51. The van der Waals surface area contributed by atoms with Crippen molar-refractivity contribution < 1.29 is 11.1 Å². The minimum Gasteiger partial charge on any atom is -0.311 e. The standard InChI is InChI=1S/C3H6BO2/c1-2-4-6-5-3-1/h1-3H2/i2D. The molecule has 2 nitrogen and oxygen atoms in total. The van der Waals surface area contributed by atoms with Crippen LogP contribution < -0.4 is 0 Å². The Balaban J connectivity index is 2.12. The largest absolute Gasteiger partial charge is 0.344 e. The first kappa shape index (κ1) is 3.05. The van der Waals surface area contributed by atoms with Crippen molar-refractivity contribution in [1.82, 2.24) is 0 Å². The molecule has 1 fully saturated rings. The minimum atomic E-state index is -0.186. The zero-order valence-electron chi connectivity index (χ0n) is 4.39. The van der Waals surface area contributed by atoms with Gasteiger partial charge in [-0.2, -0.15) is 0 Å². The molecule has 1 aliphatic rings. The zero-order chi connectivity index (χ0) is 5.11. The van der Waals surface area contributed by atoms with Crippen LogP contribution >= 0.6 is 0 Å². The normalized spacial score (nSPS) is 37.3. The third-order valence-corrected chi connectivity index (χ3v) is 0.588. The van der Waals surface area contributed by atoms with Crippen molar-refractivity contribution in [1.29, 1.82) is 0 Å². The summed E-state index contributed by atoms with van der Waals surface area (Å²) in [5, 5.41) is 0. The summed E-state index contributed by atoms with van der Waals surface area (Å²) in [4.78, 5) is 8.83. The van der Waals surface area contributed by atoms with E-state index in [1.165, 1.54) is 7.48 Å². The van der Waals surface area contributed by atoms with Crippen molar-refractivity contribution >= 4 is 7.48 Å². The van der Waals surface area contributed by atoms with Crippen LogP contribution in [-0.4, -0.2) is 14.1 Å². The van der Waals surface area contributed by atoms with Gasteiger partial charge in [0, 0.05) is 1.37 Å². The molecule has 0 saturated carbocycles. The van der Waals surface area contributed by atoms with E-state index < -0.39 is 0 Å². The molecule has 1 atom stereocenters. The highest BCUT2D eigenvalue weighted by molar-refractivity contribution is 6.26. The van der Waals surface area contributed by atoms with Crippen molar-refractivity contribution in [3.05, 3.63) is 0 Å². The fourth-order valence-corrected chi connectivity index (χ4v) is 0.311. The monoisotopic (exact) mass is 86.1 g/mol. The number of hydrogen-bond acceptors (Lipinski definition) is 2. The van der Waals surface area contributed by atoms with E-state index in [4.69, 9.17) is 1.37 Å². The van der Waals surface area contributed by atoms with E-state index in [-0.39, 0.29) is 6.30 Å². The lowest BCUT2D eigenvalue weighted by atomic mass is 9.93. The summed E-state index contributed by atoms with van der Waals surface area (Å²) in [6.45, 7) is 0.546. The Bertz CT molecular complexity index is 54.9. The van der Waals surface area contributed by atoms with Gasteiger partial charge in [0.1, 0.15) is 0 Å². The van der Waals surface area contributed by atoms with Gasteiger partial charge in [-0.1, -0.05) is 0 Å². The molecule has 6 heavy (non-hydrogen) atoms. The maximum Gasteiger partial charge on any atom is 0.344 e. The predicted octanol–water partition coefficient (Wildman–Crippen LogP) is 0.376. The average molecular weight is 85.9 g/mol. The molecule has 0 spiro atoms. The molecule has 1 radical (unpaired) electrons. The third kappa shape index (κ3) is 0.991. The first-order chi connectivity index (χ1) is 3.39. The van der Waals surface area contributed by atoms with Crippen LogP contribution in [0.5, 0.6) is 0 Å². The number of hydrogen-bond donors (Lipinski definition) is 0. The molecular weight excluding hydrogens is 78.8 g/mol. The highest BCUT2D eigenvalue weighted by Gasteiger charge is 1.99. The van der Waals surface area contributed by atoms with Crippen molar-refractivity contribution in [2.45, 2.75) is 12.7 Å². The van der Waals surface area contributed by atoms with Crippen LogP contribution in [0.3, 0.4) is 0 Å². The Labute approximate surface area is 39.0 Å². The average Bonchev–Trinajstić information content (AvgIpc) is 1.69. The molecule has 1 unspecified atom stereocenters. The first-order valence-corrected chi connectivity index (χ1v) is 1.93. The molecule has 33 valence electrons. The van der Waals surface area contributed by atoms with E-state index in [2.05, 4.69) is 9.69 Å². The summed E-state index contributed by atoms with van der Waals surface area (Å²) < 4.78 is 7.01. The van der Waals surface area contributed by atoms with Crippen molar-refractivity contribution in [3.63, 3.8) is 0 Å². The maximum atomic E-state index is 7.01. The van der Waals surface area contributed by atoms with Gasteiger partial charge in [-0.25, -0.2) is 0 Å². The molecule has 0 amide bonds. The molecule has 1 saturated heterocycles. The Morgan fingerprint density at radius 2 is 2.83 bits per heavy atom. The van der Waals surface area contributed by atoms with Crippen molar-refractivity contribution in [2.24, 2.45) is 0 Å². The zero-order valence-corrected chi connectivity index (χ0v) is 3.39. The second-order valence-corrected chi connectivity index (χ2v) is 1.08. The molecule has 1 heterocycles. The fraction of sp³-hybridized carbons (Fsp3) is 1.00. The van der Waals surface area contributed by atoms with E-state index in [1.54, 1.807) is 0 Å². The van der Waals surface area contributed by atoms with Gasteiger partial charge in [0.15, 0.2) is 0 Å². The quantitative estimate of drug-likeness (QED) is 0.313. The second-order valence-electron chi connectivity index (χ2n) is 1.08. The molecule has 1 aliphatic heterocycles. The molecule has 1 rings (SSSR count). The van der Waals surface area contributed by atoms with Gasteiger partial charge < -0.3 is 4.81 Å². The molecule has 3 heteroatoms. The van der Waals surface area contributed by atoms with Gasteiger partial charge >= 0.3 is 7.48 Å². The van der Waals surface area contributed by atoms with Crippen LogP contribution in [0.15, 0.2) is 0 Å². The third-order valence-electron chi connectivity index (χ3n) is 0.588. The van der Waals surface area contributed by atoms with Gasteiger partial charge in [0.25, 0.3) is 0 Å². The van der Waals surface area contributed by atoms with Gasteiger partial charge in [0.2, 0.25) is 0 Å². The highest BCUT2D eigenvalue weighted by atomic mass is 17.2. The van der Waals surface area contributed by atoms with Crippen LogP contribution in [0.25, 0.3) is 0 Å². The van der Waals surface area contributed by atoms with Gasteiger partial charge in [-0.15, -0.1) is 0 Å². The Morgan fingerprint density at radius 1 is 1.83 bits per heavy atom. The predicted molar refractivity (Wildman–Crippen MR) is 22.2 cm³/mol. The number of rotatable bonds is 0. The summed E-state index contributed by atoms with van der Waals surface area (Å²) in [5.41, 5.74) is 0. The summed E-state index contributed by atoms with van der Waals surface area (Å²) in [5.74, 6) is 0. The lowest BCUT2D eigenvalue weighted by Crippen LogP contribution is -2.08. The summed E-state index contributed by atoms with van der Waals surface area (Å²) in [7, 11) is 1.38. The van der Waals surface area contributed by atoms with E-state index >= 15 is 0 Å². The summed E-state index contributed by atoms with van der Waals surface area (Å²) in [6, 6.07) is 0.